The number of nitrogens with one attached hydrogen (secondary N) is 1. The molecule has 5 nitrogen and oxygen atoms in total. The number of hydrogen-bond acceptors (Lipinski definition) is 5. The summed E-state index contributed by atoms with van der Waals surface area (Å²) >= 11 is 0.861. The summed E-state index contributed by atoms with van der Waals surface area (Å²) in [6.45, 7) is 0. The first-order chi connectivity index (χ1) is 8.93. The van der Waals surface area contributed by atoms with Gasteiger partial charge in [0.15, 0.2) is 11.5 Å². The van der Waals surface area contributed by atoms with Gasteiger partial charge in [-0.1, -0.05) is 17.4 Å². The van der Waals surface area contributed by atoms with Crippen molar-refractivity contribution in [2.45, 2.75) is 12.7 Å². The van der Waals surface area contributed by atoms with E-state index in [-0.39, 0.29) is 28.7 Å². The highest BCUT2D eigenvalue weighted by atomic mass is 32.1. The number of halogens is 2. The van der Waals surface area contributed by atoms with E-state index in [1.807, 2.05) is 0 Å². The van der Waals surface area contributed by atoms with Gasteiger partial charge in [-0.3, -0.25) is 9.78 Å². The monoisotopic (exact) mass is 287 g/mol. The molecule has 3 rings (SSSR count). The van der Waals surface area contributed by atoms with E-state index in [1.54, 1.807) is 6.07 Å². The summed E-state index contributed by atoms with van der Waals surface area (Å²) in [5.74, 6) is -0.317. The van der Waals surface area contributed by atoms with Crippen LogP contribution in [0.15, 0.2) is 23.0 Å². The molecule has 0 aliphatic carbocycles. The number of H-pyrrole nitrogens is 1. The van der Waals surface area contributed by atoms with Crippen molar-refractivity contribution in [3.63, 3.8) is 0 Å². The Hall–Kier alpha value is -2.09. The number of benzene rings is 1. The summed E-state index contributed by atoms with van der Waals surface area (Å²) in [4.78, 5) is 13.3. The van der Waals surface area contributed by atoms with E-state index in [2.05, 4.69) is 14.5 Å². The summed E-state index contributed by atoms with van der Waals surface area (Å²) in [7, 11) is 0. The smallest absolute Gasteiger partial charge is 0.494 e. The largest absolute Gasteiger partial charge is 0.586 e. The maximum atomic E-state index is 12.8. The van der Waals surface area contributed by atoms with Gasteiger partial charge in [0, 0.05) is 6.42 Å². The molecule has 100 valence electrons. The van der Waals surface area contributed by atoms with E-state index in [4.69, 9.17) is 0 Å². The first kappa shape index (κ1) is 12.0. The van der Waals surface area contributed by atoms with Crippen molar-refractivity contribution in [3.05, 3.63) is 38.3 Å². The molecule has 1 aliphatic rings. The predicted molar refractivity (Wildman–Crippen MR) is 62.1 cm³/mol. The fraction of sp³-hybridized carbons (Fsp3) is 0.182. The fourth-order valence-electron chi connectivity index (χ4n) is 1.76. The van der Waals surface area contributed by atoms with Crippen molar-refractivity contribution in [2.75, 3.05) is 0 Å². The zero-order valence-electron chi connectivity index (χ0n) is 9.28. The van der Waals surface area contributed by atoms with Gasteiger partial charge in [0.05, 0.1) is 4.88 Å². The molecule has 1 aromatic heterocycles. The Morgan fingerprint density at radius 1 is 1.32 bits per heavy atom. The number of hydrogen-bond donors (Lipinski definition) is 2. The van der Waals surface area contributed by atoms with E-state index >= 15 is 0 Å². The Kier molecular flexibility index (Phi) is 2.49. The highest BCUT2D eigenvalue weighted by molar-refractivity contribution is 7.09. The lowest BCUT2D eigenvalue weighted by molar-refractivity contribution is -0.286. The molecule has 2 aromatic rings. The SMILES string of the molecule is O=c1[nH]c(O)c(Cc2ccc3c(c2)OC(F)(F)O3)s1. The Labute approximate surface area is 109 Å². The second-order valence-electron chi connectivity index (χ2n) is 3.91. The molecule has 2 heterocycles. The van der Waals surface area contributed by atoms with Crippen molar-refractivity contribution in [3.8, 4) is 17.4 Å². The van der Waals surface area contributed by atoms with E-state index < -0.39 is 6.29 Å². The standard InChI is InChI=1S/C11H7F2NO4S/c12-11(13)17-6-2-1-5(3-7(6)18-11)4-8-9(15)14-10(16)19-8/h1-3,15H,4H2,(H,14,16). The minimum Gasteiger partial charge on any atom is -0.494 e. The third kappa shape index (κ3) is 2.26. The van der Waals surface area contributed by atoms with Crippen LogP contribution >= 0.6 is 11.3 Å². The number of ether oxygens (including phenoxy) is 2. The number of rotatable bonds is 2. The van der Waals surface area contributed by atoms with Crippen LogP contribution in [0.3, 0.4) is 0 Å². The molecule has 0 spiro atoms. The Bertz CT molecular complexity index is 694. The van der Waals surface area contributed by atoms with Crippen LogP contribution in [0.1, 0.15) is 10.4 Å². The molecule has 0 radical (unpaired) electrons. The van der Waals surface area contributed by atoms with Gasteiger partial charge in [0.1, 0.15) is 0 Å². The normalized spacial score (nSPS) is 15.7. The first-order valence-corrected chi connectivity index (χ1v) is 6.04. The zero-order valence-corrected chi connectivity index (χ0v) is 10.1. The second-order valence-corrected chi connectivity index (χ2v) is 4.98. The molecule has 0 atom stereocenters. The van der Waals surface area contributed by atoms with Gasteiger partial charge in [-0.2, -0.15) is 0 Å². The fourth-order valence-corrected chi connectivity index (χ4v) is 2.52. The highest BCUT2D eigenvalue weighted by Gasteiger charge is 2.43. The number of thiazole rings is 1. The molecule has 0 unspecified atom stereocenters. The average molecular weight is 287 g/mol. The number of fused-ring (bicyclic) bond motifs is 1. The van der Waals surface area contributed by atoms with Crippen molar-refractivity contribution in [2.24, 2.45) is 0 Å². The summed E-state index contributed by atoms with van der Waals surface area (Å²) in [6, 6.07) is 4.31. The van der Waals surface area contributed by atoms with Crippen molar-refractivity contribution in [1.29, 1.82) is 0 Å². The lowest BCUT2D eigenvalue weighted by Gasteiger charge is -2.04. The number of aromatic amines is 1. The summed E-state index contributed by atoms with van der Waals surface area (Å²) in [5, 5.41) is 9.45. The van der Waals surface area contributed by atoms with Gasteiger partial charge in [-0.05, 0) is 17.7 Å². The van der Waals surface area contributed by atoms with Crippen molar-refractivity contribution in [1.82, 2.24) is 4.98 Å². The van der Waals surface area contributed by atoms with Crippen LogP contribution in [0.5, 0.6) is 17.4 Å². The third-order valence-electron chi connectivity index (χ3n) is 2.53. The Balaban J connectivity index is 1.88. The van der Waals surface area contributed by atoms with Gasteiger partial charge in [0.2, 0.25) is 5.88 Å². The predicted octanol–water partition coefficient (Wildman–Crippen LogP) is 2.05. The maximum Gasteiger partial charge on any atom is 0.586 e. The molecule has 1 aliphatic heterocycles. The lowest BCUT2D eigenvalue weighted by atomic mass is 10.1. The summed E-state index contributed by atoms with van der Waals surface area (Å²) in [5.41, 5.74) is 0.616. The average Bonchev–Trinajstić information content (AvgIpc) is 2.76. The Morgan fingerprint density at radius 3 is 2.74 bits per heavy atom. The molecule has 0 saturated carbocycles. The van der Waals surface area contributed by atoms with Crippen LogP contribution in [-0.4, -0.2) is 16.4 Å². The van der Waals surface area contributed by atoms with E-state index in [0.29, 0.717) is 10.4 Å². The van der Waals surface area contributed by atoms with Crippen LogP contribution in [0, 0.1) is 0 Å². The zero-order chi connectivity index (χ0) is 13.6. The van der Waals surface area contributed by atoms with E-state index in [1.165, 1.54) is 12.1 Å². The second kappa shape index (κ2) is 3.95. The van der Waals surface area contributed by atoms with Crippen LogP contribution in [0.4, 0.5) is 8.78 Å². The Morgan fingerprint density at radius 2 is 2.05 bits per heavy atom. The molecule has 0 fully saturated rings. The minimum absolute atomic E-state index is 0.0415. The topological polar surface area (TPSA) is 71.6 Å². The van der Waals surface area contributed by atoms with Crippen LogP contribution in [-0.2, 0) is 6.42 Å². The summed E-state index contributed by atoms with van der Waals surface area (Å²) < 4.78 is 34.3. The number of aromatic hydroxyl groups is 1. The van der Waals surface area contributed by atoms with Gasteiger partial charge in [-0.25, -0.2) is 0 Å². The molecule has 19 heavy (non-hydrogen) atoms. The quantitative estimate of drug-likeness (QED) is 0.886. The van der Waals surface area contributed by atoms with E-state index in [0.717, 1.165) is 11.3 Å². The molecule has 0 bridgehead atoms. The van der Waals surface area contributed by atoms with Crippen LogP contribution in [0.2, 0.25) is 0 Å². The lowest BCUT2D eigenvalue weighted by Crippen LogP contribution is -2.25. The molecule has 0 saturated heterocycles. The van der Waals surface area contributed by atoms with Crippen LogP contribution < -0.4 is 14.3 Å². The van der Waals surface area contributed by atoms with Gasteiger partial charge >= 0.3 is 11.2 Å². The molecule has 1 aromatic carbocycles. The minimum atomic E-state index is -3.65. The van der Waals surface area contributed by atoms with Gasteiger partial charge in [0.25, 0.3) is 0 Å². The molecule has 8 heteroatoms. The molecule has 2 N–H and O–H groups in total. The van der Waals surface area contributed by atoms with E-state index in [9.17, 15) is 18.7 Å². The van der Waals surface area contributed by atoms with Gasteiger partial charge < -0.3 is 14.6 Å². The maximum absolute atomic E-state index is 12.8. The van der Waals surface area contributed by atoms with Crippen molar-refractivity contribution >= 4 is 11.3 Å². The first-order valence-electron chi connectivity index (χ1n) is 5.23. The number of alkyl halides is 2. The third-order valence-corrected chi connectivity index (χ3v) is 3.40. The molecule has 0 amide bonds. The molecular formula is C11H7F2NO4S. The number of aromatic nitrogens is 1. The molecular weight excluding hydrogens is 280 g/mol. The van der Waals surface area contributed by atoms with Crippen molar-refractivity contribution < 1.29 is 23.4 Å². The summed E-state index contributed by atoms with van der Waals surface area (Å²) in [6.07, 6.45) is -3.42. The van der Waals surface area contributed by atoms with Gasteiger partial charge in [-0.15, -0.1) is 8.78 Å². The van der Waals surface area contributed by atoms with Crippen LogP contribution in [0.25, 0.3) is 0 Å². The highest BCUT2D eigenvalue weighted by Crippen LogP contribution is 2.41.